The molecule has 0 saturated heterocycles. The molecule has 0 N–H and O–H groups in total. The van der Waals surface area contributed by atoms with Crippen molar-refractivity contribution in [3.05, 3.63) is 48.2 Å². The topological polar surface area (TPSA) is 30.2 Å². The molecule has 0 radical (unpaired) electrons. The second-order valence-electron chi connectivity index (χ2n) is 4.34. The Hall–Kier alpha value is -2.02. The van der Waals surface area contributed by atoms with Crippen LogP contribution in [0.2, 0.25) is 0 Å². The van der Waals surface area contributed by atoms with Crippen LogP contribution in [-0.4, -0.2) is 20.9 Å². The van der Waals surface area contributed by atoms with Gasteiger partial charge >= 0.3 is 6.18 Å². The Bertz CT molecular complexity index is 796. The number of benzene rings is 1. The second-order valence-corrected chi connectivity index (χ2v) is 5.12. The summed E-state index contributed by atoms with van der Waals surface area (Å²) < 4.78 is 40.9. The van der Waals surface area contributed by atoms with E-state index in [9.17, 15) is 13.2 Å². The summed E-state index contributed by atoms with van der Waals surface area (Å²) in [5.74, 6) is 0. The quantitative estimate of drug-likeness (QED) is 0.667. The first-order valence-electron chi connectivity index (χ1n) is 6.06. The molecule has 0 atom stereocenters. The first kappa shape index (κ1) is 13.9. The maximum Gasteiger partial charge on any atom is 0.417 e. The molecule has 0 bridgehead atoms. The monoisotopic (exact) mass is 309 g/mol. The third kappa shape index (κ3) is 2.49. The summed E-state index contributed by atoms with van der Waals surface area (Å²) >= 11 is 1.34. The maximum absolute atomic E-state index is 13.1. The summed E-state index contributed by atoms with van der Waals surface area (Å²) in [7, 11) is 0. The van der Waals surface area contributed by atoms with E-state index < -0.39 is 11.7 Å². The van der Waals surface area contributed by atoms with Crippen LogP contribution in [0.4, 0.5) is 13.2 Å². The van der Waals surface area contributed by atoms with Crippen LogP contribution in [0.3, 0.4) is 0 Å². The number of alkyl halides is 3. The summed E-state index contributed by atoms with van der Waals surface area (Å²) in [5.41, 5.74) is 0.487. The minimum absolute atomic E-state index is 0.107. The lowest BCUT2D eigenvalue weighted by Crippen LogP contribution is -2.08. The van der Waals surface area contributed by atoms with E-state index in [1.54, 1.807) is 24.4 Å². The van der Waals surface area contributed by atoms with Gasteiger partial charge in [-0.3, -0.25) is 0 Å². The highest BCUT2D eigenvalue weighted by molar-refractivity contribution is 7.98. The van der Waals surface area contributed by atoms with Crippen molar-refractivity contribution in [2.24, 2.45) is 0 Å². The second kappa shape index (κ2) is 5.07. The lowest BCUT2D eigenvalue weighted by molar-refractivity contribution is -0.137. The van der Waals surface area contributed by atoms with E-state index in [0.717, 1.165) is 6.07 Å². The van der Waals surface area contributed by atoms with Crippen molar-refractivity contribution in [1.29, 1.82) is 0 Å². The van der Waals surface area contributed by atoms with Gasteiger partial charge < -0.3 is 0 Å². The standard InChI is InChI=1S/C14H10F3N3S/c1-21-13-18-8-9-6-7-12(20(9)19-13)10-4-2-3-5-11(10)14(15,16)17/h2-8H,1H3. The molecule has 0 unspecified atom stereocenters. The highest BCUT2D eigenvalue weighted by atomic mass is 32.2. The van der Waals surface area contributed by atoms with Crippen LogP contribution >= 0.6 is 11.8 Å². The molecule has 0 aliphatic heterocycles. The molecule has 0 aliphatic rings. The van der Waals surface area contributed by atoms with Crippen molar-refractivity contribution in [1.82, 2.24) is 14.6 Å². The summed E-state index contributed by atoms with van der Waals surface area (Å²) in [6.45, 7) is 0. The number of aromatic nitrogens is 3. The zero-order chi connectivity index (χ0) is 15.0. The fourth-order valence-electron chi connectivity index (χ4n) is 2.14. The van der Waals surface area contributed by atoms with E-state index >= 15 is 0 Å². The first-order chi connectivity index (χ1) is 10.0. The Balaban J connectivity index is 2.26. The Morgan fingerprint density at radius 2 is 1.86 bits per heavy atom. The number of fused-ring (bicyclic) bond motifs is 1. The highest BCUT2D eigenvalue weighted by Crippen LogP contribution is 2.37. The van der Waals surface area contributed by atoms with Crippen LogP contribution < -0.4 is 0 Å². The molecule has 0 spiro atoms. The minimum atomic E-state index is -4.41. The van der Waals surface area contributed by atoms with E-state index in [1.165, 1.54) is 28.4 Å². The van der Waals surface area contributed by atoms with Gasteiger partial charge in [0.1, 0.15) is 0 Å². The molecule has 0 saturated carbocycles. The number of thioether (sulfide) groups is 1. The molecule has 2 heterocycles. The van der Waals surface area contributed by atoms with Crippen LogP contribution in [0, 0.1) is 0 Å². The molecule has 2 aromatic heterocycles. The van der Waals surface area contributed by atoms with Crippen LogP contribution in [0.15, 0.2) is 47.8 Å². The first-order valence-corrected chi connectivity index (χ1v) is 7.28. The van der Waals surface area contributed by atoms with Crippen molar-refractivity contribution >= 4 is 17.3 Å². The molecule has 0 fully saturated rings. The molecule has 108 valence electrons. The molecule has 3 aromatic rings. The van der Waals surface area contributed by atoms with Crippen molar-refractivity contribution in [2.75, 3.05) is 6.26 Å². The molecular weight excluding hydrogens is 299 g/mol. The number of rotatable bonds is 2. The molecule has 0 amide bonds. The predicted molar refractivity (Wildman–Crippen MR) is 75.2 cm³/mol. The van der Waals surface area contributed by atoms with Gasteiger partial charge in [-0.2, -0.15) is 13.2 Å². The summed E-state index contributed by atoms with van der Waals surface area (Å²) in [6, 6.07) is 8.81. The van der Waals surface area contributed by atoms with Crippen molar-refractivity contribution < 1.29 is 13.2 Å². The van der Waals surface area contributed by atoms with Gasteiger partial charge in [-0.15, -0.1) is 5.10 Å². The average Bonchev–Trinajstić information content (AvgIpc) is 2.89. The Kier molecular flexibility index (Phi) is 3.36. The number of hydrogen-bond donors (Lipinski definition) is 0. The normalized spacial score (nSPS) is 12.0. The molecule has 7 heteroatoms. The predicted octanol–water partition coefficient (Wildman–Crippen LogP) is 4.14. The maximum atomic E-state index is 13.1. The smallest absolute Gasteiger partial charge is 0.229 e. The fourth-order valence-corrected chi connectivity index (χ4v) is 2.46. The van der Waals surface area contributed by atoms with E-state index in [-0.39, 0.29) is 5.56 Å². The van der Waals surface area contributed by atoms with E-state index in [1.807, 2.05) is 6.26 Å². The zero-order valence-corrected chi connectivity index (χ0v) is 11.7. The zero-order valence-electron chi connectivity index (χ0n) is 10.9. The third-order valence-corrected chi connectivity index (χ3v) is 3.62. The van der Waals surface area contributed by atoms with Gasteiger partial charge in [0.25, 0.3) is 0 Å². The highest BCUT2D eigenvalue weighted by Gasteiger charge is 2.33. The van der Waals surface area contributed by atoms with Crippen molar-refractivity contribution in [2.45, 2.75) is 11.3 Å². The van der Waals surface area contributed by atoms with Crippen LogP contribution in [0.5, 0.6) is 0 Å². The number of hydrogen-bond acceptors (Lipinski definition) is 3. The van der Waals surface area contributed by atoms with Gasteiger partial charge in [0.05, 0.1) is 23.0 Å². The largest absolute Gasteiger partial charge is 0.417 e. The number of nitrogens with zero attached hydrogens (tertiary/aromatic N) is 3. The van der Waals surface area contributed by atoms with Gasteiger partial charge in [0.2, 0.25) is 5.16 Å². The fraction of sp³-hybridized carbons (Fsp3) is 0.143. The third-order valence-electron chi connectivity index (χ3n) is 3.07. The molecule has 3 nitrogen and oxygen atoms in total. The van der Waals surface area contributed by atoms with Gasteiger partial charge in [-0.1, -0.05) is 30.0 Å². The number of halogens is 3. The van der Waals surface area contributed by atoms with Gasteiger partial charge in [-0.25, -0.2) is 9.50 Å². The molecule has 1 aromatic carbocycles. The van der Waals surface area contributed by atoms with Gasteiger partial charge in [0, 0.05) is 5.56 Å². The van der Waals surface area contributed by atoms with Gasteiger partial charge in [-0.05, 0) is 24.5 Å². The summed E-state index contributed by atoms with van der Waals surface area (Å²) in [4.78, 5) is 4.11. The van der Waals surface area contributed by atoms with E-state index in [4.69, 9.17) is 0 Å². The van der Waals surface area contributed by atoms with E-state index in [0.29, 0.717) is 16.4 Å². The molecule has 21 heavy (non-hydrogen) atoms. The van der Waals surface area contributed by atoms with Crippen LogP contribution in [-0.2, 0) is 6.18 Å². The lowest BCUT2D eigenvalue weighted by atomic mass is 10.0. The SMILES string of the molecule is CSc1ncc2ccc(-c3ccccc3C(F)(F)F)n2n1. The van der Waals surface area contributed by atoms with E-state index in [2.05, 4.69) is 10.1 Å². The van der Waals surface area contributed by atoms with Gasteiger partial charge in [0.15, 0.2) is 0 Å². The molecule has 3 rings (SSSR count). The van der Waals surface area contributed by atoms with Crippen molar-refractivity contribution in [3.63, 3.8) is 0 Å². The minimum Gasteiger partial charge on any atom is -0.229 e. The molecular formula is C14H10F3N3S. The molecule has 0 aliphatic carbocycles. The summed E-state index contributed by atoms with van der Waals surface area (Å²) in [5, 5.41) is 4.76. The Morgan fingerprint density at radius 1 is 1.10 bits per heavy atom. The Labute approximate surface area is 122 Å². The van der Waals surface area contributed by atoms with Crippen LogP contribution in [0.25, 0.3) is 16.8 Å². The summed E-state index contributed by atoms with van der Waals surface area (Å²) in [6.07, 6.45) is -0.997. The average molecular weight is 309 g/mol. The lowest BCUT2D eigenvalue weighted by Gasteiger charge is -2.12. The van der Waals surface area contributed by atoms with Crippen LogP contribution in [0.1, 0.15) is 5.56 Å². The Morgan fingerprint density at radius 3 is 2.57 bits per heavy atom. The van der Waals surface area contributed by atoms with Crippen molar-refractivity contribution in [3.8, 4) is 11.3 Å².